The molecule has 0 bridgehead atoms. The first-order valence-electron chi connectivity index (χ1n) is 10.5. The van der Waals surface area contributed by atoms with E-state index in [-0.39, 0.29) is 0 Å². The first-order valence-corrected chi connectivity index (χ1v) is 10.9. The number of fused-ring (bicyclic) bond motifs is 1. The molecule has 0 spiro atoms. The van der Waals surface area contributed by atoms with E-state index in [4.69, 9.17) is 16.6 Å². The number of halogens is 1. The lowest BCUT2D eigenvalue weighted by Crippen LogP contribution is -2.34. The summed E-state index contributed by atoms with van der Waals surface area (Å²) in [5.41, 5.74) is 6.78. The highest BCUT2D eigenvalue weighted by molar-refractivity contribution is 6.30. The second-order valence-corrected chi connectivity index (χ2v) is 8.41. The number of anilines is 2. The van der Waals surface area contributed by atoms with Crippen LogP contribution >= 0.6 is 11.6 Å². The number of aliphatic imine (C=N–C) groups is 1. The molecule has 158 valence electrons. The van der Waals surface area contributed by atoms with Gasteiger partial charge in [-0.2, -0.15) is 0 Å². The van der Waals surface area contributed by atoms with Gasteiger partial charge in [0.2, 0.25) is 0 Å². The molecule has 0 saturated heterocycles. The molecular weight excluding hydrogens is 416 g/mol. The van der Waals surface area contributed by atoms with E-state index < -0.39 is 0 Å². The Kier molecular flexibility index (Phi) is 5.38. The Morgan fingerprint density at radius 2 is 1.53 bits per heavy atom. The van der Waals surface area contributed by atoms with Crippen molar-refractivity contribution in [1.29, 1.82) is 0 Å². The lowest BCUT2D eigenvalue weighted by atomic mass is 10.0. The molecule has 3 aromatic carbocycles. The number of pyridine rings is 1. The molecule has 1 aromatic heterocycles. The van der Waals surface area contributed by atoms with Gasteiger partial charge in [0.25, 0.3) is 0 Å². The van der Waals surface area contributed by atoms with Crippen LogP contribution in [0.2, 0.25) is 5.02 Å². The number of amidine groups is 1. The molecule has 32 heavy (non-hydrogen) atoms. The van der Waals surface area contributed by atoms with Gasteiger partial charge in [0.15, 0.2) is 0 Å². The van der Waals surface area contributed by atoms with Crippen molar-refractivity contribution in [3.63, 3.8) is 0 Å². The van der Waals surface area contributed by atoms with Crippen LogP contribution in [0.1, 0.15) is 11.1 Å². The van der Waals surface area contributed by atoms with Crippen molar-refractivity contribution in [1.82, 2.24) is 4.98 Å². The maximum atomic E-state index is 6.08. The highest BCUT2D eigenvalue weighted by atomic mass is 35.5. The van der Waals surface area contributed by atoms with Crippen LogP contribution < -0.4 is 9.80 Å². The summed E-state index contributed by atoms with van der Waals surface area (Å²) in [6, 6.07) is 29.1. The third-order valence-electron chi connectivity index (χ3n) is 5.63. The highest BCUT2D eigenvalue weighted by Gasteiger charge is 2.23. The highest BCUT2D eigenvalue weighted by Crippen LogP contribution is 2.33. The van der Waals surface area contributed by atoms with Gasteiger partial charge < -0.3 is 9.80 Å². The summed E-state index contributed by atoms with van der Waals surface area (Å²) < 4.78 is 0. The SMILES string of the molecule is CN(C)c1ccccc1-c1ccc(C2=Nc3ccccc3CN2c2ccc(Cl)cn2)cc1. The normalized spacial score (nSPS) is 12.8. The average Bonchev–Trinajstić information content (AvgIpc) is 2.84. The summed E-state index contributed by atoms with van der Waals surface area (Å²) in [7, 11) is 4.14. The Morgan fingerprint density at radius 1 is 0.812 bits per heavy atom. The number of para-hydroxylation sites is 2. The zero-order valence-corrected chi connectivity index (χ0v) is 18.8. The second-order valence-electron chi connectivity index (χ2n) is 7.97. The Morgan fingerprint density at radius 3 is 2.28 bits per heavy atom. The van der Waals surface area contributed by atoms with Crippen LogP contribution in [0.15, 0.2) is 96.1 Å². The molecule has 5 heteroatoms. The molecule has 1 aliphatic rings. The van der Waals surface area contributed by atoms with Gasteiger partial charge in [-0.1, -0.05) is 72.3 Å². The van der Waals surface area contributed by atoms with Crippen LogP contribution in [0, 0.1) is 0 Å². The van der Waals surface area contributed by atoms with Crippen LogP contribution in [0.25, 0.3) is 11.1 Å². The van der Waals surface area contributed by atoms with Crippen molar-refractivity contribution in [3.05, 3.63) is 107 Å². The summed E-state index contributed by atoms with van der Waals surface area (Å²) >= 11 is 6.08. The van der Waals surface area contributed by atoms with Gasteiger partial charge in [0.1, 0.15) is 11.7 Å². The van der Waals surface area contributed by atoms with E-state index in [9.17, 15) is 0 Å². The van der Waals surface area contributed by atoms with Gasteiger partial charge in [-0.05, 0) is 35.4 Å². The molecule has 0 fully saturated rings. The molecule has 0 aliphatic carbocycles. The zero-order valence-electron chi connectivity index (χ0n) is 18.0. The van der Waals surface area contributed by atoms with E-state index in [0.717, 1.165) is 22.9 Å². The molecule has 0 atom stereocenters. The van der Waals surface area contributed by atoms with Crippen molar-refractivity contribution in [2.45, 2.75) is 6.54 Å². The minimum atomic E-state index is 0.619. The van der Waals surface area contributed by atoms with Gasteiger partial charge in [-0.3, -0.25) is 0 Å². The average molecular weight is 439 g/mol. The van der Waals surface area contributed by atoms with Gasteiger partial charge in [-0.25, -0.2) is 9.98 Å². The molecule has 0 saturated carbocycles. The summed E-state index contributed by atoms with van der Waals surface area (Å²) in [5.74, 6) is 1.70. The maximum Gasteiger partial charge on any atom is 0.142 e. The van der Waals surface area contributed by atoms with Gasteiger partial charge >= 0.3 is 0 Å². The minimum absolute atomic E-state index is 0.619. The Labute approximate surface area is 193 Å². The first-order chi connectivity index (χ1) is 15.6. The lowest BCUT2D eigenvalue weighted by molar-refractivity contribution is 0.952. The number of aromatic nitrogens is 1. The van der Waals surface area contributed by atoms with Crippen molar-refractivity contribution in [3.8, 4) is 11.1 Å². The first kappa shape index (κ1) is 20.3. The summed E-state index contributed by atoms with van der Waals surface area (Å²) in [5, 5.41) is 0.619. The summed E-state index contributed by atoms with van der Waals surface area (Å²) in [6.45, 7) is 0.703. The summed E-state index contributed by atoms with van der Waals surface area (Å²) in [6.07, 6.45) is 1.68. The smallest absolute Gasteiger partial charge is 0.142 e. The van der Waals surface area contributed by atoms with Crippen LogP contribution in [0.5, 0.6) is 0 Å². The number of nitrogens with zero attached hydrogens (tertiary/aromatic N) is 4. The third kappa shape index (κ3) is 3.85. The standard InChI is InChI=1S/C27H23ClN4/c1-31(2)25-10-6-4-8-23(25)19-11-13-20(14-12-19)27-30-24-9-5-3-7-21(24)18-32(27)26-16-15-22(28)17-29-26/h3-17H,18H2,1-2H3. The maximum absolute atomic E-state index is 6.08. The number of hydrogen-bond acceptors (Lipinski definition) is 4. The van der Waals surface area contributed by atoms with Crippen molar-refractivity contribution in [2.75, 3.05) is 23.9 Å². The predicted octanol–water partition coefficient (Wildman–Crippen LogP) is 6.57. The fourth-order valence-corrected chi connectivity index (χ4v) is 4.13. The van der Waals surface area contributed by atoms with Gasteiger partial charge in [0, 0.05) is 37.1 Å². The van der Waals surface area contributed by atoms with E-state index in [2.05, 4.69) is 89.5 Å². The van der Waals surface area contributed by atoms with Crippen molar-refractivity contribution >= 4 is 34.6 Å². The minimum Gasteiger partial charge on any atom is -0.377 e. The molecule has 0 unspecified atom stereocenters. The Balaban J connectivity index is 1.57. The van der Waals surface area contributed by atoms with E-state index in [1.807, 2.05) is 24.3 Å². The fourth-order valence-electron chi connectivity index (χ4n) is 4.02. The zero-order chi connectivity index (χ0) is 22.1. The molecule has 1 aliphatic heterocycles. The molecule has 4 nitrogen and oxygen atoms in total. The van der Waals surface area contributed by atoms with Crippen LogP contribution in [-0.4, -0.2) is 24.9 Å². The molecule has 0 radical (unpaired) electrons. The predicted molar refractivity (Wildman–Crippen MR) is 134 cm³/mol. The monoisotopic (exact) mass is 438 g/mol. The van der Waals surface area contributed by atoms with Gasteiger partial charge in [-0.15, -0.1) is 0 Å². The lowest BCUT2D eigenvalue weighted by Gasteiger charge is -2.30. The van der Waals surface area contributed by atoms with Crippen molar-refractivity contribution in [2.24, 2.45) is 4.99 Å². The van der Waals surface area contributed by atoms with E-state index in [1.54, 1.807) is 6.20 Å². The number of rotatable bonds is 4. The van der Waals surface area contributed by atoms with Gasteiger partial charge in [0.05, 0.1) is 17.3 Å². The van der Waals surface area contributed by atoms with Crippen LogP contribution in [0.4, 0.5) is 17.2 Å². The molecule has 2 heterocycles. The number of benzene rings is 3. The molecule has 0 amide bonds. The largest absolute Gasteiger partial charge is 0.377 e. The van der Waals surface area contributed by atoms with E-state index in [0.29, 0.717) is 11.6 Å². The molecule has 5 rings (SSSR count). The number of hydrogen-bond donors (Lipinski definition) is 0. The Hall–Kier alpha value is -3.63. The molecule has 4 aromatic rings. The molecule has 0 N–H and O–H groups in total. The topological polar surface area (TPSA) is 31.7 Å². The quantitative estimate of drug-likeness (QED) is 0.361. The Bertz CT molecular complexity index is 1280. The van der Waals surface area contributed by atoms with E-state index in [1.165, 1.54) is 22.4 Å². The third-order valence-corrected chi connectivity index (χ3v) is 5.85. The summed E-state index contributed by atoms with van der Waals surface area (Å²) in [4.78, 5) is 13.8. The fraction of sp³-hybridized carbons (Fsp3) is 0.111. The van der Waals surface area contributed by atoms with Crippen LogP contribution in [-0.2, 0) is 6.54 Å². The molecular formula is C27H23ClN4. The van der Waals surface area contributed by atoms with E-state index >= 15 is 0 Å². The van der Waals surface area contributed by atoms with Crippen molar-refractivity contribution < 1.29 is 0 Å². The van der Waals surface area contributed by atoms with Crippen LogP contribution in [0.3, 0.4) is 0 Å². The second kappa shape index (κ2) is 8.48.